The molecule has 0 aromatic rings. The number of aliphatic hydroxyl groups is 1. The summed E-state index contributed by atoms with van der Waals surface area (Å²) in [6.07, 6.45) is 14.2. The Hall–Kier alpha value is -0.500. The number of carbonyl (C=O) groups is 1. The first-order valence-electron chi connectivity index (χ1n) is 12.0. The van der Waals surface area contributed by atoms with Crippen molar-refractivity contribution < 1.29 is 33.1 Å². The van der Waals surface area contributed by atoms with Gasteiger partial charge in [0.1, 0.15) is 12.7 Å². The molecule has 1 rings (SSSR count). The van der Waals surface area contributed by atoms with Gasteiger partial charge in [-0.2, -0.15) is 0 Å². The van der Waals surface area contributed by atoms with Gasteiger partial charge >= 0.3 is 13.8 Å². The van der Waals surface area contributed by atoms with E-state index in [1.54, 1.807) is 0 Å². The molecule has 9 heteroatoms. The van der Waals surface area contributed by atoms with E-state index >= 15 is 0 Å². The standard InChI is InChI=1S/C22H44NO7P/c1-2-3-4-8-11-19-16-20(19)12-9-6-5-7-10-13-22(25)28-17-21(24)18-30-31(26,27)29-15-14-23/h19-21,24H,2-18,23H2,1H3,(H,26,27)/t19?,20?,21-/m1/s1. The molecule has 1 aliphatic rings. The third-order valence-corrected chi connectivity index (χ3v) is 6.68. The van der Waals surface area contributed by atoms with Gasteiger partial charge in [0.15, 0.2) is 0 Å². The van der Waals surface area contributed by atoms with Crippen molar-refractivity contribution in [2.45, 2.75) is 96.5 Å². The van der Waals surface area contributed by atoms with Crippen molar-refractivity contribution in [2.24, 2.45) is 17.6 Å². The third kappa shape index (κ3) is 15.9. The van der Waals surface area contributed by atoms with Crippen LogP contribution in [0.25, 0.3) is 0 Å². The Morgan fingerprint density at radius 2 is 1.61 bits per heavy atom. The van der Waals surface area contributed by atoms with Crippen LogP contribution in [0.1, 0.15) is 90.4 Å². The maximum Gasteiger partial charge on any atom is 0.472 e. The van der Waals surface area contributed by atoms with E-state index < -0.39 is 20.5 Å². The van der Waals surface area contributed by atoms with Gasteiger partial charge in [-0.05, 0) is 24.7 Å². The molecule has 4 atom stereocenters. The lowest BCUT2D eigenvalue weighted by Gasteiger charge is -2.15. The average Bonchev–Trinajstić information content (AvgIpc) is 3.50. The van der Waals surface area contributed by atoms with Crippen molar-refractivity contribution in [1.29, 1.82) is 0 Å². The van der Waals surface area contributed by atoms with Crippen LogP contribution in [-0.2, 0) is 23.1 Å². The third-order valence-electron chi connectivity index (χ3n) is 5.69. The van der Waals surface area contributed by atoms with E-state index in [4.69, 9.17) is 10.5 Å². The van der Waals surface area contributed by atoms with Crippen LogP contribution in [0.2, 0.25) is 0 Å². The van der Waals surface area contributed by atoms with Crippen LogP contribution in [0.15, 0.2) is 0 Å². The fourth-order valence-electron chi connectivity index (χ4n) is 3.75. The van der Waals surface area contributed by atoms with Gasteiger partial charge in [0.25, 0.3) is 0 Å². The zero-order chi connectivity index (χ0) is 23.0. The molecule has 0 aliphatic heterocycles. The van der Waals surface area contributed by atoms with Crippen LogP contribution < -0.4 is 5.73 Å². The second-order valence-electron chi connectivity index (χ2n) is 8.63. The SMILES string of the molecule is CCCCCCC1CC1CCCCCCCC(=O)OC[C@@H](O)COP(=O)(O)OCCN. The maximum atomic E-state index is 11.7. The predicted molar refractivity (Wildman–Crippen MR) is 120 cm³/mol. The zero-order valence-corrected chi connectivity index (χ0v) is 20.1. The minimum absolute atomic E-state index is 0.0776. The number of phosphoric acid groups is 1. The number of hydrogen-bond acceptors (Lipinski definition) is 7. The van der Waals surface area contributed by atoms with Crippen LogP contribution in [0.3, 0.4) is 0 Å². The average molecular weight is 466 g/mol. The molecule has 1 aliphatic carbocycles. The summed E-state index contributed by atoms with van der Waals surface area (Å²) in [5.41, 5.74) is 5.17. The molecule has 0 amide bonds. The van der Waals surface area contributed by atoms with Crippen molar-refractivity contribution >= 4 is 13.8 Å². The second-order valence-corrected chi connectivity index (χ2v) is 10.1. The highest BCUT2D eigenvalue weighted by atomic mass is 31.2. The summed E-state index contributed by atoms with van der Waals surface area (Å²) in [4.78, 5) is 21.0. The first-order valence-corrected chi connectivity index (χ1v) is 13.5. The Balaban J connectivity index is 1.90. The molecule has 0 spiro atoms. The number of esters is 1. The minimum atomic E-state index is -4.24. The molecule has 0 radical (unpaired) electrons. The molecule has 0 saturated heterocycles. The highest BCUT2D eigenvalue weighted by Gasteiger charge is 2.34. The lowest BCUT2D eigenvalue weighted by atomic mass is 10.0. The summed E-state index contributed by atoms with van der Waals surface area (Å²) in [6.45, 7) is 1.46. The number of carbonyl (C=O) groups excluding carboxylic acids is 1. The van der Waals surface area contributed by atoms with Crippen LogP contribution in [0.4, 0.5) is 0 Å². The Bertz CT molecular complexity index is 520. The fourth-order valence-corrected chi connectivity index (χ4v) is 4.52. The molecule has 1 saturated carbocycles. The number of nitrogens with two attached hydrogens (primary N) is 1. The first kappa shape index (κ1) is 28.5. The zero-order valence-electron chi connectivity index (χ0n) is 19.2. The molecule has 1 fully saturated rings. The quantitative estimate of drug-likeness (QED) is 0.130. The molecule has 0 aromatic carbocycles. The van der Waals surface area contributed by atoms with Gasteiger partial charge in [0.05, 0.1) is 13.2 Å². The highest BCUT2D eigenvalue weighted by molar-refractivity contribution is 7.47. The Kier molecular flexibility index (Phi) is 15.7. The number of ether oxygens (including phenoxy) is 1. The van der Waals surface area contributed by atoms with E-state index in [0.29, 0.717) is 6.42 Å². The molecular weight excluding hydrogens is 421 g/mol. The van der Waals surface area contributed by atoms with Gasteiger partial charge in [-0.1, -0.05) is 71.1 Å². The summed E-state index contributed by atoms with van der Waals surface area (Å²) >= 11 is 0. The van der Waals surface area contributed by atoms with Crippen LogP contribution in [-0.4, -0.2) is 48.4 Å². The van der Waals surface area contributed by atoms with Gasteiger partial charge in [-0.15, -0.1) is 0 Å². The molecule has 8 nitrogen and oxygen atoms in total. The Morgan fingerprint density at radius 1 is 1.00 bits per heavy atom. The minimum Gasteiger partial charge on any atom is -0.463 e. The van der Waals surface area contributed by atoms with Crippen LogP contribution in [0.5, 0.6) is 0 Å². The highest BCUT2D eigenvalue weighted by Crippen LogP contribution is 2.45. The van der Waals surface area contributed by atoms with Crippen LogP contribution >= 0.6 is 7.82 Å². The van der Waals surface area contributed by atoms with E-state index in [2.05, 4.69) is 16.0 Å². The second kappa shape index (κ2) is 17.0. The number of hydrogen-bond donors (Lipinski definition) is 3. The maximum absolute atomic E-state index is 11.7. The van der Waals surface area contributed by atoms with Gasteiger partial charge < -0.3 is 20.5 Å². The summed E-state index contributed by atoms with van der Waals surface area (Å²) in [7, 11) is -4.24. The molecule has 0 bridgehead atoms. The normalized spacial score (nSPS) is 20.9. The summed E-state index contributed by atoms with van der Waals surface area (Å²) in [6, 6.07) is 0. The number of aliphatic hydroxyl groups excluding tert-OH is 1. The predicted octanol–water partition coefficient (Wildman–Crippen LogP) is 4.32. The smallest absolute Gasteiger partial charge is 0.463 e. The lowest BCUT2D eigenvalue weighted by molar-refractivity contribution is -0.147. The largest absolute Gasteiger partial charge is 0.472 e. The van der Waals surface area contributed by atoms with Gasteiger partial charge in [0.2, 0.25) is 0 Å². The number of phosphoric ester groups is 1. The van der Waals surface area contributed by atoms with E-state index in [0.717, 1.165) is 31.1 Å². The topological polar surface area (TPSA) is 128 Å². The molecule has 184 valence electrons. The molecular formula is C22H44NO7P. The van der Waals surface area contributed by atoms with Crippen molar-refractivity contribution in [3.63, 3.8) is 0 Å². The molecule has 0 aromatic heterocycles. The van der Waals surface area contributed by atoms with E-state index in [9.17, 15) is 19.4 Å². The van der Waals surface area contributed by atoms with E-state index in [1.807, 2.05) is 0 Å². The van der Waals surface area contributed by atoms with E-state index in [-0.39, 0.29) is 25.7 Å². The molecule has 0 heterocycles. The lowest BCUT2D eigenvalue weighted by Crippen LogP contribution is -2.23. The van der Waals surface area contributed by atoms with Gasteiger partial charge in [-0.25, -0.2) is 4.57 Å². The summed E-state index contributed by atoms with van der Waals surface area (Å²) in [5, 5.41) is 9.68. The van der Waals surface area contributed by atoms with Crippen molar-refractivity contribution in [3.05, 3.63) is 0 Å². The summed E-state index contributed by atoms with van der Waals surface area (Å²) in [5.74, 6) is 1.59. The van der Waals surface area contributed by atoms with E-state index in [1.165, 1.54) is 57.8 Å². The van der Waals surface area contributed by atoms with Crippen molar-refractivity contribution in [2.75, 3.05) is 26.4 Å². The van der Waals surface area contributed by atoms with Crippen LogP contribution in [0, 0.1) is 11.8 Å². The fraction of sp³-hybridized carbons (Fsp3) is 0.955. The monoisotopic (exact) mass is 465 g/mol. The Labute approximate surface area is 187 Å². The Morgan fingerprint density at radius 3 is 2.26 bits per heavy atom. The van der Waals surface area contributed by atoms with Gasteiger partial charge in [-0.3, -0.25) is 13.8 Å². The first-order chi connectivity index (χ1) is 14.9. The molecule has 4 N–H and O–H groups in total. The van der Waals surface area contributed by atoms with Crippen molar-refractivity contribution in [1.82, 2.24) is 0 Å². The van der Waals surface area contributed by atoms with Crippen molar-refractivity contribution in [3.8, 4) is 0 Å². The summed E-state index contributed by atoms with van der Waals surface area (Å²) < 4.78 is 25.5. The van der Waals surface area contributed by atoms with Gasteiger partial charge in [0, 0.05) is 13.0 Å². The molecule has 31 heavy (non-hydrogen) atoms. The molecule has 3 unspecified atom stereocenters. The number of rotatable bonds is 21. The number of unbranched alkanes of at least 4 members (excludes halogenated alkanes) is 7.